The average molecular weight is 283 g/mol. The van der Waals surface area contributed by atoms with E-state index in [0.717, 1.165) is 0 Å². The Morgan fingerprint density at radius 1 is 0.947 bits per heavy atom. The predicted octanol–water partition coefficient (Wildman–Crippen LogP) is 3.70. The number of phenolic OH excluding ortho intramolecular Hbond substituents is 2. The molecule has 0 aliphatic rings. The minimum atomic E-state index is -0.0828. The lowest BCUT2D eigenvalue weighted by Gasteiger charge is -2.16. The molecule has 2 aromatic rings. The van der Waals surface area contributed by atoms with Gasteiger partial charge in [-0.1, -0.05) is 11.6 Å². The van der Waals surface area contributed by atoms with Crippen LogP contribution in [0.25, 0.3) is 10.8 Å². The molecule has 0 heterocycles. The van der Waals surface area contributed by atoms with Gasteiger partial charge in [-0.2, -0.15) is 0 Å². The lowest BCUT2D eigenvalue weighted by atomic mass is 10.1. The molecule has 0 aliphatic heterocycles. The van der Waals surface area contributed by atoms with Gasteiger partial charge in [0, 0.05) is 15.8 Å². The zero-order valence-electron chi connectivity index (χ0n) is 10.7. The molecule has 102 valence electrons. The molecule has 0 aliphatic carbocycles. The van der Waals surface area contributed by atoms with E-state index in [1.54, 1.807) is 32.0 Å². The number of rotatable bonds is 4. The Balaban J connectivity index is 2.80. The van der Waals surface area contributed by atoms with Crippen LogP contribution in [0.2, 0.25) is 5.02 Å². The first-order valence-corrected chi connectivity index (χ1v) is 6.40. The van der Waals surface area contributed by atoms with E-state index in [4.69, 9.17) is 21.1 Å². The molecule has 0 radical (unpaired) electrons. The molecule has 4 nitrogen and oxygen atoms in total. The van der Waals surface area contributed by atoms with Crippen LogP contribution < -0.4 is 9.47 Å². The summed E-state index contributed by atoms with van der Waals surface area (Å²) in [6.07, 6.45) is 0. The SMILES string of the molecule is CCOc1c(OCC)c(O)c2cc(Cl)ccc2c1O. The molecule has 2 rings (SSSR count). The van der Waals surface area contributed by atoms with Gasteiger partial charge in [0.05, 0.1) is 13.2 Å². The number of ether oxygens (including phenoxy) is 2. The van der Waals surface area contributed by atoms with Gasteiger partial charge in [-0.05, 0) is 32.0 Å². The molecule has 0 spiro atoms. The summed E-state index contributed by atoms with van der Waals surface area (Å²) < 4.78 is 10.7. The molecule has 0 saturated carbocycles. The highest BCUT2D eigenvalue weighted by Gasteiger charge is 2.21. The van der Waals surface area contributed by atoms with E-state index in [9.17, 15) is 10.2 Å². The lowest BCUT2D eigenvalue weighted by Crippen LogP contribution is -1.99. The van der Waals surface area contributed by atoms with Gasteiger partial charge in [-0.25, -0.2) is 0 Å². The van der Waals surface area contributed by atoms with Crippen LogP contribution in [-0.2, 0) is 0 Å². The van der Waals surface area contributed by atoms with Crippen molar-refractivity contribution in [1.82, 2.24) is 0 Å². The minimum Gasteiger partial charge on any atom is -0.504 e. The quantitative estimate of drug-likeness (QED) is 0.840. The first-order valence-electron chi connectivity index (χ1n) is 6.02. The molecule has 19 heavy (non-hydrogen) atoms. The summed E-state index contributed by atoms with van der Waals surface area (Å²) in [5.41, 5.74) is 0. The number of aromatic hydroxyl groups is 2. The van der Waals surface area contributed by atoms with Gasteiger partial charge in [0.2, 0.25) is 11.5 Å². The number of fused-ring (bicyclic) bond motifs is 1. The molecular weight excluding hydrogens is 268 g/mol. The monoisotopic (exact) mass is 282 g/mol. The van der Waals surface area contributed by atoms with Crippen molar-refractivity contribution in [2.75, 3.05) is 13.2 Å². The van der Waals surface area contributed by atoms with Crippen LogP contribution >= 0.6 is 11.6 Å². The smallest absolute Gasteiger partial charge is 0.207 e. The van der Waals surface area contributed by atoms with Crippen LogP contribution in [0.3, 0.4) is 0 Å². The maximum atomic E-state index is 10.3. The summed E-state index contributed by atoms with van der Waals surface area (Å²) in [5.74, 6) is 0.142. The van der Waals surface area contributed by atoms with Crippen molar-refractivity contribution in [2.45, 2.75) is 13.8 Å². The predicted molar refractivity (Wildman–Crippen MR) is 74.6 cm³/mol. The Morgan fingerprint density at radius 3 is 2.00 bits per heavy atom. The van der Waals surface area contributed by atoms with Gasteiger partial charge < -0.3 is 19.7 Å². The molecule has 2 N–H and O–H groups in total. The summed E-state index contributed by atoms with van der Waals surface area (Å²) in [5, 5.41) is 21.9. The molecular formula is C14H15ClO4. The highest BCUT2D eigenvalue weighted by molar-refractivity contribution is 6.31. The topological polar surface area (TPSA) is 58.9 Å². The fourth-order valence-electron chi connectivity index (χ4n) is 1.94. The highest BCUT2D eigenvalue weighted by atomic mass is 35.5. The molecule has 0 atom stereocenters. The highest BCUT2D eigenvalue weighted by Crippen LogP contribution is 2.50. The molecule has 2 aromatic carbocycles. The van der Waals surface area contributed by atoms with Gasteiger partial charge in [0.25, 0.3) is 0 Å². The van der Waals surface area contributed by atoms with Gasteiger partial charge in [-0.3, -0.25) is 0 Å². The zero-order chi connectivity index (χ0) is 14.0. The molecule has 0 amide bonds. The largest absolute Gasteiger partial charge is 0.504 e. The van der Waals surface area contributed by atoms with Crippen molar-refractivity contribution in [2.24, 2.45) is 0 Å². The van der Waals surface area contributed by atoms with E-state index in [1.165, 1.54) is 0 Å². The second-order valence-electron chi connectivity index (χ2n) is 3.91. The number of halogens is 1. The normalized spacial score (nSPS) is 10.7. The Hall–Kier alpha value is -1.81. The number of phenols is 2. The van der Waals surface area contributed by atoms with E-state index < -0.39 is 0 Å². The van der Waals surface area contributed by atoms with Crippen molar-refractivity contribution in [1.29, 1.82) is 0 Å². The Labute approximate surface area is 116 Å². The summed E-state index contributed by atoms with van der Waals surface area (Å²) >= 11 is 5.91. The van der Waals surface area contributed by atoms with Crippen LogP contribution in [0, 0.1) is 0 Å². The van der Waals surface area contributed by atoms with E-state index in [0.29, 0.717) is 29.0 Å². The molecule has 0 fully saturated rings. The fraction of sp³-hybridized carbons (Fsp3) is 0.286. The van der Waals surface area contributed by atoms with Crippen molar-refractivity contribution in [3.05, 3.63) is 23.2 Å². The van der Waals surface area contributed by atoms with Crippen molar-refractivity contribution in [3.8, 4) is 23.0 Å². The van der Waals surface area contributed by atoms with Crippen LogP contribution in [-0.4, -0.2) is 23.4 Å². The third-order valence-electron chi connectivity index (χ3n) is 2.71. The molecule has 0 saturated heterocycles. The average Bonchev–Trinajstić information content (AvgIpc) is 2.40. The Morgan fingerprint density at radius 2 is 1.47 bits per heavy atom. The summed E-state index contributed by atoms with van der Waals surface area (Å²) in [6.45, 7) is 4.28. The third-order valence-corrected chi connectivity index (χ3v) is 2.94. The Bertz CT molecular complexity index is 610. The van der Waals surface area contributed by atoms with E-state index in [-0.39, 0.29) is 23.0 Å². The molecule has 0 unspecified atom stereocenters. The van der Waals surface area contributed by atoms with Crippen molar-refractivity contribution in [3.63, 3.8) is 0 Å². The second-order valence-corrected chi connectivity index (χ2v) is 4.35. The number of benzene rings is 2. The minimum absolute atomic E-state index is 0.0604. The van der Waals surface area contributed by atoms with Crippen LogP contribution in [0.15, 0.2) is 18.2 Å². The second kappa shape index (κ2) is 5.45. The molecule has 0 bridgehead atoms. The first-order chi connectivity index (χ1) is 9.10. The third kappa shape index (κ3) is 2.36. The zero-order valence-corrected chi connectivity index (χ0v) is 11.5. The molecule has 0 aromatic heterocycles. The van der Waals surface area contributed by atoms with Gasteiger partial charge in [-0.15, -0.1) is 0 Å². The molecule has 5 heteroatoms. The van der Waals surface area contributed by atoms with Gasteiger partial charge in [0.1, 0.15) is 0 Å². The maximum absolute atomic E-state index is 10.3. The van der Waals surface area contributed by atoms with Crippen LogP contribution in [0.4, 0.5) is 0 Å². The van der Waals surface area contributed by atoms with Crippen molar-refractivity contribution >= 4 is 22.4 Å². The van der Waals surface area contributed by atoms with Crippen LogP contribution in [0.1, 0.15) is 13.8 Å². The fourth-order valence-corrected chi connectivity index (χ4v) is 2.11. The summed E-state index contributed by atoms with van der Waals surface area (Å²) in [4.78, 5) is 0. The maximum Gasteiger partial charge on any atom is 0.207 e. The van der Waals surface area contributed by atoms with Gasteiger partial charge in [0.15, 0.2) is 11.5 Å². The van der Waals surface area contributed by atoms with E-state index in [1.807, 2.05) is 0 Å². The van der Waals surface area contributed by atoms with Crippen molar-refractivity contribution < 1.29 is 19.7 Å². The van der Waals surface area contributed by atoms with E-state index in [2.05, 4.69) is 0 Å². The van der Waals surface area contributed by atoms with E-state index >= 15 is 0 Å². The first kappa shape index (κ1) is 13.6. The summed E-state index contributed by atoms with van der Waals surface area (Å²) in [6, 6.07) is 4.84. The summed E-state index contributed by atoms with van der Waals surface area (Å²) in [7, 11) is 0. The number of hydrogen-bond acceptors (Lipinski definition) is 4. The standard InChI is InChI=1S/C14H15ClO4/c1-3-18-13-11(16)9-6-5-8(15)7-10(9)12(17)14(13)19-4-2/h5-7,16-17H,3-4H2,1-2H3. The van der Waals surface area contributed by atoms with Gasteiger partial charge >= 0.3 is 0 Å². The number of hydrogen-bond donors (Lipinski definition) is 2. The Kier molecular flexibility index (Phi) is 3.90. The van der Waals surface area contributed by atoms with Crippen LogP contribution in [0.5, 0.6) is 23.0 Å². The lowest BCUT2D eigenvalue weighted by molar-refractivity contribution is 0.266.